The zero-order valence-corrected chi connectivity index (χ0v) is 22.2. The lowest BCUT2D eigenvalue weighted by Gasteiger charge is -2.40. The molecule has 4 rings (SSSR count). The molecule has 0 amide bonds. The number of carboxylic acids is 1. The molecule has 36 heavy (non-hydrogen) atoms. The van der Waals surface area contributed by atoms with Crippen molar-refractivity contribution in [2.24, 2.45) is 11.3 Å². The summed E-state index contributed by atoms with van der Waals surface area (Å²) in [6, 6.07) is 5.67. The predicted octanol–water partition coefficient (Wildman–Crippen LogP) is 5.26. The number of hydrogen-bond donors (Lipinski definition) is 2. The van der Waals surface area contributed by atoms with Crippen LogP contribution in [0.1, 0.15) is 75.9 Å². The van der Waals surface area contributed by atoms with Crippen molar-refractivity contribution < 1.29 is 19.7 Å². The number of aliphatic carboxylic acids is 1. The number of likely N-dealkylation sites (tertiary alicyclic amines) is 1. The zero-order valence-electron chi connectivity index (χ0n) is 22.2. The lowest BCUT2D eigenvalue weighted by atomic mass is 9.73. The smallest absolute Gasteiger partial charge is 0.309 e. The molecule has 1 aliphatic heterocycles. The predicted molar refractivity (Wildman–Crippen MR) is 144 cm³/mol. The van der Waals surface area contributed by atoms with E-state index in [9.17, 15) is 15.0 Å². The van der Waals surface area contributed by atoms with Crippen molar-refractivity contribution in [1.82, 2.24) is 9.88 Å². The molecule has 2 N–H and O–H groups in total. The van der Waals surface area contributed by atoms with Crippen LogP contribution in [0.5, 0.6) is 5.75 Å². The summed E-state index contributed by atoms with van der Waals surface area (Å²) in [5.74, 6) is 0.826. The Balaban J connectivity index is 1.44. The van der Waals surface area contributed by atoms with Crippen molar-refractivity contribution in [3.8, 4) is 5.75 Å². The van der Waals surface area contributed by atoms with E-state index in [4.69, 9.17) is 4.74 Å². The minimum absolute atomic E-state index is 0.394. The molecule has 1 saturated heterocycles. The molecule has 7 heteroatoms. The molecular formula is C29H43N3O4. The van der Waals surface area contributed by atoms with Crippen molar-refractivity contribution in [1.29, 1.82) is 0 Å². The molecule has 2 fully saturated rings. The van der Waals surface area contributed by atoms with E-state index >= 15 is 0 Å². The number of nitrogens with zero attached hydrogens (tertiary/aromatic N) is 3. The number of aliphatic hydroxyl groups is 1. The Kier molecular flexibility index (Phi) is 8.73. The molecule has 1 aliphatic carbocycles. The number of hydrogen-bond acceptors (Lipinski definition) is 6. The van der Waals surface area contributed by atoms with Crippen LogP contribution in [-0.2, 0) is 4.79 Å². The Morgan fingerprint density at radius 3 is 2.58 bits per heavy atom. The molecule has 0 bridgehead atoms. The van der Waals surface area contributed by atoms with Crippen molar-refractivity contribution in [3.63, 3.8) is 0 Å². The van der Waals surface area contributed by atoms with Gasteiger partial charge in [0.05, 0.1) is 36.0 Å². The van der Waals surface area contributed by atoms with Crippen molar-refractivity contribution in [2.45, 2.75) is 70.3 Å². The fraction of sp³-hybridized carbons (Fsp3) is 0.655. The molecule has 1 aromatic heterocycles. The second-order valence-corrected chi connectivity index (χ2v) is 11.1. The molecule has 0 spiro atoms. The lowest BCUT2D eigenvalue weighted by Crippen LogP contribution is -2.45. The first-order valence-corrected chi connectivity index (χ1v) is 13.6. The molecule has 198 valence electrons. The maximum absolute atomic E-state index is 12.5. The highest BCUT2D eigenvalue weighted by Crippen LogP contribution is 2.42. The number of anilines is 1. The van der Waals surface area contributed by atoms with Gasteiger partial charge in [-0.1, -0.05) is 32.1 Å². The monoisotopic (exact) mass is 497 g/mol. The van der Waals surface area contributed by atoms with E-state index in [0.29, 0.717) is 31.4 Å². The first-order chi connectivity index (χ1) is 17.3. The molecule has 7 nitrogen and oxygen atoms in total. The second-order valence-electron chi connectivity index (χ2n) is 11.1. The number of aliphatic hydroxyl groups excluding tert-OH is 1. The number of fused-ring (bicyclic) bond motifs is 1. The van der Waals surface area contributed by atoms with E-state index in [0.717, 1.165) is 47.7 Å². The number of aromatic nitrogens is 1. The number of carboxylic acid groups (broad SMARTS) is 1. The van der Waals surface area contributed by atoms with Gasteiger partial charge in [0.1, 0.15) is 5.75 Å². The third-order valence-corrected chi connectivity index (χ3v) is 8.65. The summed E-state index contributed by atoms with van der Waals surface area (Å²) in [6.07, 6.45) is 11.2. The summed E-state index contributed by atoms with van der Waals surface area (Å²) in [5, 5.41) is 22.5. The van der Waals surface area contributed by atoms with Crippen LogP contribution in [0.3, 0.4) is 0 Å². The van der Waals surface area contributed by atoms with Gasteiger partial charge in [0.2, 0.25) is 0 Å². The van der Waals surface area contributed by atoms with Gasteiger partial charge in [-0.05, 0) is 75.9 Å². The highest BCUT2D eigenvalue weighted by molar-refractivity contribution is 5.88. The Hall–Kier alpha value is -2.38. The SMILES string of the molecule is COc1ccc2ncc(N(C)C)c([C@@H](O)CCC3(C(=O)O)CCN(CCC4CCCCC4)CC3)c2c1. The Labute approximate surface area is 215 Å². The van der Waals surface area contributed by atoms with E-state index < -0.39 is 17.5 Å². The summed E-state index contributed by atoms with van der Waals surface area (Å²) in [5.41, 5.74) is 1.63. The normalized spacial score (nSPS) is 19.8. The van der Waals surface area contributed by atoms with Gasteiger partial charge in [-0.15, -0.1) is 0 Å². The summed E-state index contributed by atoms with van der Waals surface area (Å²) in [4.78, 5) is 21.4. The van der Waals surface area contributed by atoms with E-state index in [1.165, 1.54) is 38.5 Å². The van der Waals surface area contributed by atoms with E-state index in [1.807, 2.05) is 37.2 Å². The average molecular weight is 498 g/mol. The van der Waals surface area contributed by atoms with Crippen molar-refractivity contribution in [2.75, 3.05) is 45.7 Å². The van der Waals surface area contributed by atoms with Crippen LogP contribution in [0.2, 0.25) is 0 Å². The van der Waals surface area contributed by atoms with Gasteiger partial charge >= 0.3 is 5.97 Å². The fourth-order valence-corrected chi connectivity index (χ4v) is 6.19. The molecule has 1 aromatic carbocycles. The van der Waals surface area contributed by atoms with Gasteiger partial charge < -0.3 is 24.7 Å². The van der Waals surface area contributed by atoms with Crippen LogP contribution in [-0.4, -0.2) is 66.9 Å². The van der Waals surface area contributed by atoms with Gasteiger partial charge in [-0.25, -0.2) is 0 Å². The van der Waals surface area contributed by atoms with Gasteiger partial charge in [-0.3, -0.25) is 9.78 Å². The van der Waals surface area contributed by atoms with Gasteiger partial charge in [0.25, 0.3) is 0 Å². The first kappa shape index (κ1) is 26.7. The Bertz CT molecular complexity index is 1030. The first-order valence-electron chi connectivity index (χ1n) is 13.6. The standard InChI is InChI=1S/C29H43N3O4/c1-31(2)25-20-30-24-10-9-22(36-3)19-23(24)27(25)26(33)11-13-29(28(34)35)14-17-32(18-15-29)16-12-21-7-5-4-6-8-21/h9-10,19-21,26,33H,4-8,11-18H2,1-3H3,(H,34,35)/t26-/m0/s1. The summed E-state index contributed by atoms with van der Waals surface area (Å²) >= 11 is 0. The molecule has 0 unspecified atom stereocenters. The number of pyridine rings is 1. The Morgan fingerprint density at radius 1 is 1.22 bits per heavy atom. The summed E-state index contributed by atoms with van der Waals surface area (Å²) in [6.45, 7) is 2.74. The minimum atomic E-state index is -0.791. The largest absolute Gasteiger partial charge is 0.497 e. The van der Waals surface area contributed by atoms with Gasteiger partial charge in [0.15, 0.2) is 0 Å². The number of rotatable bonds is 10. The molecule has 2 aromatic rings. The number of ether oxygens (including phenoxy) is 1. The van der Waals surface area contributed by atoms with Crippen LogP contribution >= 0.6 is 0 Å². The molecular weight excluding hydrogens is 454 g/mol. The topological polar surface area (TPSA) is 86.1 Å². The van der Waals surface area contributed by atoms with Crippen molar-refractivity contribution >= 4 is 22.6 Å². The number of carbonyl (C=O) groups is 1. The van der Waals surface area contributed by atoms with Crippen LogP contribution in [0, 0.1) is 11.3 Å². The minimum Gasteiger partial charge on any atom is -0.497 e. The van der Waals surface area contributed by atoms with Crippen LogP contribution in [0.4, 0.5) is 5.69 Å². The highest BCUT2D eigenvalue weighted by atomic mass is 16.5. The molecule has 1 saturated carbocycles. The van der Waals surface area contributed by atoms with E-state index in [1.54, 1.807) is 13.3 Å². The lowest BCUT2D eigenvalue weighted by molar-refractivity contribution is -0.153. The number of methoxy groups -OCH3 is 1. The van der Waals surface area contributed by atoms with E-state index in [2.05, 4.69) is 9.88 Å². The maximum atomic E-state index is 12.5. The third kappa shape index (κ3) is 5.94. The molecule has 1 atom stereocenters. The number of piperidine rings is 1. The van der Waals surface area contributed by atoms with E-state index in [-0.39, 0.29) is 0 Å². The maximum Gasteiger partial charge on any atom is 0.309 e. The van der Waals surface area contributed by atoms with Crippen LogP contribution in [0.25, 0.3) is 10.9 Å². The quantitative estimate of drug-likeness (QED) is 0.463. The van der Waals surface area contributed by atoms with Crippen molar-refractivity contribution in [3.05, 3.63) is 30.0 Å². The molecule has 2 heterocycles. The zero-order chi connectivity index (χ0) is 25.7. The summed E-state index contributed by atoms with van der Waals surface area (Å²) < 4.78 is 5.42. The second kappa shape index (κ2) is 11.8. The number of benzene rings is 1. The highest BCUT2D eigenvalue weighted by Gasteiger charge is 2.41. The van der Waals surface area contributed by atoms with Crippen LogP contribution < -0.4 is 9.64 Å². The third-order valence-electron chi connectivity index (χ3n) is 8.65. The Morgan fingerprint density at radius 2 is 1.94 bits per heavy atom. The molecule has 0 radical (unpaired) electrons. The average Bonchev–Trinajstić information content (AvgIpc) is 2.90. The van der Waals surface area contributed by atoms with Gasteiger partial charge in [-0.2, -0.15) is 0 Å². The fourth-order valence-electron chi connectivity index (χ4n) is 6.19. The summed E-state index contributed by atoms with van der Waals surface area (Å²) in [7, 11) is 5.49. The van der Waals surface area contributed by atoms with Gasteiger partial charge in [0, 0.05) is 25.0 Å². The molecule has 2 aliphatic rings. The van der Waals surface area contributed by atoms with Crippen LogP contribution in [0.15, 0.2) is 24.4 Å².